The van der Waals surface area contributed by atoms with E-state index in [4.69, 9.17) is 0 Å². The molecule has 0 unspecified atom stereocenters. The smallest absolute Gasteiger partial charge is 0.0467 e. The van der Waals surface area contributed by atoms with Gasteiger partial charge in [0.1, 0.15) is 0 Å². The third-order valence-corrected chi connectivity index (χ3v) is 11.3. The SMILES string of the molecule is Cc1cc(N(c2ccccc2)c2ccccc2)cc2c1-c1cc3c(cc1C2(C)C)-c1ccc(N(c2ccccc2)c2ccccc2)cc1C3(C)C. The fourth-order valence-electron chi connectivity index (χ4n) is 8.73. The number of benzene rings is 7. The predicted molar refractivity (Wildman–Crippen MR) is 216 cm³/mol. The average molecular weight is 659 g/mol. The third kappa shape index (κ3) is 4.85. The normalized spacial score (nSPS) is 14.3. The van der Waals surface area contributed by atoms with Crippen molar-refractivity contribution in [1.29, 1.82) is 0 Å². The molecule has 2 aliphatic carbocycles. The molecule has 0 saturated heterocycles. The first-order valence-corrected chi connectivity index (χ1v) is 18.0. The minimum absolute atomic E-state index is 0.160. The van der Waals surface area contributed by atoms with Gasteiger partial charge in [-0.1, -0.05) is 107 Å². The van der Waals surface area contributed by atoms with Crippen LogP contribution < -0.4 is 9.80 Å². The van der Waals surface area contributed by atoms with Crippen LogP contribution in [0.2, 0.25) is 0 Å². The van der Waals surface area contributed by atoms with Crippen molar-refractivity contribution < 1.29 is 0 Å². The second-order valence-electron chi connectivity index (χ2n) is 15.1. The Morgan fingerprint density at radius 2 is 0.725 bits per heavy atom. The van der Waals surface area contributed by atoms with Gasteiger partial charge in [0.15, 0.2) is 0 Å². The minimum atomic E-state index is -0.163. The summed E-state index contributed by atoms with van der Waals surface area (Å²) in [6.45, 7) is 11.9. The van der Waals surface area contributed by atoms with Gasteiger partial charge in [-0.15, -0.1) is 0 Å². The van der Waals surface area contributed by atoms with E-state index in [0.717, 1.165) is 22.7 Å². The molecule has 0 spiro atoms. The second-order valence-corrected chi connectivity index (χ2v) is 15.1. The molecule has 9 rings (SSSR count). The van der Waals surface area contributed by atoms with Gasteiger partial charge in [0.2, 0.25) is 0 Å². The Morgan fingerprint density at radius 1 is 0.333 bits per heavy atom. The standard InChI is InChI=1S/C49H42N2/c1-33-28-39(51(36-22-14-8-15-23-36)37-24-16-9-17-25-37)30-46-47(33)42-32-44-41(31-45(42)49(46,4)5)40-27-26-38(29-43(40)48(44,2)3)50(34-18-10-6-11-19-34)35-20-12-7-13-21-35/h6-32H,1-5H3. The van der Waals surface area contributed by atoms with E-state index in [1.54, 1.807) is 0 Å². The van der Waals surface area contributed by atoms with E-state index >= 15 is 0 Å². The van der Waals surface area contributed by atoms with Gasteiger partial charge >= 0.3 is 0 Å². The maximum atomic E-state index is 2.53. The van der Waals surface area contributed by atoms with Crippen molar-refractivity contribution in [3.05, 3.63) is 192 Å². The van der Waals surface area contributed by atoms with Crippen LogP contribution >= 0.6 is 0 Å². The highest BCUT2D eigenvalue weighted by Crippen LogP contribution is 2.58. The molecule has 248 valence electrons. The first-order valence-electron chi connectivity index (χ1n) is 18.0. The summed E-state index contributed by atoms with van der Waals surface area (Å²) in [5.41, 5.74) is 19.0. The van der Waals surface area contributed by atoms with Gasteiger partial charge in [0, 0.05) is 45.0 Å². The molecule has 0 amide bonds. The Kier molecular flexibility index (Phi) is 7.09. The zero-order valence-electron chi connectivity index (χ0n) is 30.0. The van der Waals surface area contributed by atoms with Crippen LogP contribution in [-0.4, -0.2) is 0 Å². The number of aryl methyl sites for hydroxylation is 1. The molecule has 2 nitrogen and oxygen atoms in total. The summed E-state index contributed by atoms with van der Waals surface area (Å²) in [6, 6.07) is 59.8. The van der Waals surface area contributed by atoms with E-state index in [-0.39, 0.29) is 10.8 Å². The number of anilines is 6. The lowest BCUT2D eigenvalue weighted by Crippen LogP contribution is -2.18. The lowest BCUT2D eigenvalue weighted by molar-refractivity contribution is 0.652. The number of fused-ring (bicyclic) bond motifs is 6. The van der Waals surface area contributed by atoms with Crippen LogP contribution in [0.25, 0.3) is 22.3 Å². The summed E-state index contributed by atoms with van der Waals surface area (Å²) in [5.74, 6) is 0. The molecule has 0 atom stereocenters. The summed E-state index contributed by atoms with van der Waals surface area (Å²) >= 11 is 0. The van der Waals surface area contributed by atoms with Crippen molar-refractivity contribution in [2.75, 3.05) is 9.80 Å². The molecule has 2 aliphatic rings. The van der Waals surface area contributed by atoms with E-state index in [2.05, 4.69) is 208 Å². The van der Waals surface area contributed by atoms with Crippen LogP contribution in [0.3, 0.4) is 0 Å². The summed E-state index contributed by atoms with van der Waals surface area (Å²) in [7, 11) is 0. The molecule has 0 radical (unpaired) electrons. The molecule has 7 aromatic rings. The van der Waals surface area contributed by atoms with Gasteiger partial charge in [-0.05, 0) is 142 Å². The van der Waals surface area contributed by atoms with E-state index in [0.29, 0.717) is 0 Å². The molecule has 0 fully saturated rings. The van der Waals surface area contributed by atoms with Crippen molar-refractivity contribution in [2.45, 2.75) is 45.4 Å². The molecule has 0 N–H and O–H groups in total. The molecule has 0 aliphatic heterocycles. The molecule has 0 bridgehead atoms. The minimum Gasteiger partial charge on any atom is -0.310 e. The molecular formula is C49H42N2. The highest BCUT2D eigenvalue weighted by atomic mass is 15.1. The number of hydrogen-bond donors (Lipinski definition) is 0. The quantitative estimate of drug-likeness (QED) is 0.175. The Labute approximate surface area is 302 Å². The monoisotopic (exact) mass is 658 g/mol. The van der Waals surface area contributed by atoms with Gasteiger partial charge in [0.05, 0.1) is 0 Å². The fourth-order valence-corrected chi connectivity index (χ4v) is 8.73. The zero-order valence-corrected chi connectivity index (χ0v) is 30.0. The largest absolute Gasteiger partial charge is 0.310 e. The Hall–Kier alpha value is -5.86. The summed E-state index contributed by atoms with van der Waals surface area (Å²) in [5, 5.41) is 0. The lowest BCUT2D eigenvalue weighted by atomic mass is 9.79. The first-order chi connectivity index (χ1) is 24.7. The number of nitrogens with zero attached hydrogens (tertiary/aromatic N) is 2. The molecule has 0 saturated carbocycles. The summed E-state index contributed by atoms with van der Waals surface area (Å²) < 4.78 is 0. The van der Waals surface area contributed by atoms with Crippen LogP contribution in [0.5, 0.6) is 0 Å². The first kappa shape index (κ1) is 31.1. The summed E-state index contributed by atoms with van der Waals surface area (Å²) in [6.07, 6.45) is 0. The van der Waals surface area contributed by atoms with Gasteiger partial charge in [-0.25, -0.2) is 0 Å². The van der Waals surface area contributed by atoms with Crippen molar-refractivity contribution in [2.24, 2.45) is 0 Å². The highest BCUT2D eigenvalue weighted by Gasteiger charge is 2.42. The van der Waals surface area contributed by atoms with Crippen molar-refractivity contribution in [3.63, 3.8) is 0 Å². The van der Waals surface area contributed by atoms with Crippen LogP contribution in [0, 0.1) is 6.92 Å². The lowest BCUT2D eigenvalue weighted by Gasteiger charge is -2.28. The van der Waals surface area contributed by atoms with E-state index in [1.807, 2.05) is 0 Å². The average Bonchev–Trinajstić information content (AvgIpc) is 3.52. The van der Waals surface area contributed by atoms with Crippen LogP contribution in [-0.2, 0) is 10.8 Å². The predicted octanol–water partition coefficient (Wildman–Crippen LogP) is 13.5. The molecule has 2 heteroatoms. The third-order valence-electron chi connectivity index (χ3n) is 11.3. The maximum Gasteiger partial charge on any atom is 0.0467 e. The van der Waals surface area contributed by atoms with Crippen LogP contribution in [0.4, 0.5) is 34.1 Å². The van der Waals surface area contributed by atoms with E-state index in [9.17, 15) is 0 Å². The van der Waals surface area contributed by atoms with Crippen LogP contribution in [0.15, 0.2) is 164 Å². The Morgan fingerprint density at radius 3 is 1.24 bits per heavy atom. The van der Waals surface area contributed by atoms with Gasteiger partial charge in [-0.2, -0.15) is 0 Å². The second kappa shape index (κ2) is 11.6. The van der Waals surface area contributed by atoms with Crippen molar-refractivity contribution in [1.82, 2.24) is 0 Å². The molecule has 0 heterocycles. The molecule has 51 heavy (non-hydrogen) atoms. The molecular weight excluding hydrogens is 617 g/mol. The number of rotatable bonds is 6. The van der Waals surface area contributed by atoms with Gasteiger partial charge in [-0.3, -0.25) is 0 Å². The van der Waals surface area contributed by atoms with E-state index < -0.39 is 0 Å². The molecule has 7 aromatic carbocycles. The zero-order chi connectivity index (χ0) is 34.9. The van der Waals surface area contributed by atoms with Gasteiger partial charge < -0.3 is 9.80 Å². The van der Waals surface area contributed by atoms with Crippen LogP contribution in [0.1, 0.15) is 55.5 Å². The number of hydrogen-bond acceptors (Lipinski definition) is 2. The van der Waals surface area contributed by atoms with Crippen molar-refractivity contribution >= 4 is 34.1 Å². The number of para-hydroxylation sites is 4. The summed E-state index contributed by atoms with van der Waals surface area (Å²) in [4.78, 5) is 4.76. The molecule has 0 aromatic heterocycles. The Balaban J connectivity index is 1.17. The fraction of sp³-hybridized carbons (Fsp3) is 0.143. The highest BCUT2D eigenvalue weighted by molar-refractivity contribution is 5.93. The van der Waals surface area contributed by atoms with E-state index in [1.165, 1.54) is 61.4 Å². The Bertz CT molecular complexity index is 2330. The topological polar surface area (TPSA) is 6.48 Å². The van der Waals surface area contributed by atoms with Crippen molar-refractivity contribution in [3.8, 4) is 22.3 Å². The van der Waals surface area contributed by atoms with Gasteiger partial charge in [0.25, 0.3) is 0 Å². The maximum absolute atomic E-state index is 2.53.